The van der Waals surface area contributed by atoms with E-state index in [1.807, 2.05) is 0 Å². The number of cyclic esters (lactones) is 1. The highest BCUT2D eigenvalue weighted by Gasteiger charge is 2.61. The maximum Gasteiger partial charge on any atom is 0.334 e. The second kappa shape index (κ2) is 4.06. The van der Waals surface area contributed by atoms with Gasteiger partial charge in [-0.25, -0.2) is 9.59 Å². The maximum absolute atomic E-state index is 11.8. The summed E-state index contributed by atoms with van der Waals surface area (Å²) in [5.41, 5.74) is -0.122. The molecule has 1 N–H and O–H groups in total. The molecule has 1 saturated carbocycles. The third-order valence-electron chi connectivity index (χ3n) is 4.73. The number of ether oxygens (including phenoxy) is 2. The van der Waals surface area contributed by atoms with E-state index in [-0.39, 0.29) is 17.8 Å². The molecule has 0 aromatic rings. The van der Waals surface area contributed by atoms with Crippen molar-refractivity contribution in [2.24, 2.45) is 17.3 Å². The molecule has 2 aliphatic heterocycles. The maximum atomic E-state index is 11.8. The Balaban J connectivity index is 2.09. The second-order valence-corrected chi connectivity index (χ2v) is 5.71. The second-order valence-electron chi connectivity index (χ2n) is 5.71. The highest BCUT2D eigenvalue weighted by molar-refractivity contribution is 5.93. The first-order valence-corrected chi connectivity index (χ1v) is 6.48. The lowest BCUT2D eigenvalue weighted by Crippen LogP contribution is -2.56. The quantitative estimate of drug-likeness (QED) is 0.434. The van der Waals surface area contributed by atoms with E-state index >= 15 is 0 Å². The van der Waals surface area contributed by atoms with Crippen LogP contribution >= 0.6 is 0 Å². The molecule has 2 saturated heterocycles. The van der Waals surface area contributed by atoms with Crippen LogP contribution in [-0.4, -0.2) is 35.9 Å². The van der Waals surface area contributed by atoms with Crippen LogP contribution in [0.25, 0.3) is 0 Å². The van der Waals surface area contributed by atoms with Gasteiger partial charge < -0.3 is 14.6 Å². The Morgan fingerprint density at radius 3 is 2.60 bits per heavy atom. The lowest BCUT2D eigenvalue weighted by atomic mass is 9.57. The van der Waals surface area contributed by atoms with Gasteiger partial charge in [0.25, 0.3) is 0 Å². The molecule has 2 heterocycles. The van der Waals surface area contributed by atoms with Gasteiger partial charge in [0, 0.05) is 22.5 Å². The average molecular weight is 276 g/mol. The molecule has 3 rings (SSSR count). The molecule has 3 aliphatic rings. The summed E-state index contributed by atoms with van der Waals surface area (Å²) in [5, 5.41) is 10.3. The van der Waals surface area contributed by atoms with Crippen LogP contribution in [0.3, 0.4) is 0 Å². The summed E-state index contributed by atoms with van der Waals surface area (Å²) < 4.78 is 10.5. The predicted molar refractivity (Wildman–Crippen MR) is 69.4 cm³/mol. The third-order valence-corrected chi connectivity index (χ3v) is 4.73. The number of fused-ring (bicyclic) bond motifs is 3. The molecule has 5 nitrogen and oxygen atoms in total. The summed E-state index contributed by atoms with van der Waals surface area (Å²) in [5.74, 6) is -1.93. The highest BCUT2D eigenvalue weighted by atomic mass is 16.6. The number of hydrogen-bond donors (Lipinski definition) is 1. The van der Waals surface area contributed by atoms with Gasteiger partial charge in [-0.05, 0) is 6.42 Å². The molecule has 0 bridgehead atoms. The Morgan fingerprint density at radius 2 is 1.95 bits per heavy atom. The minimum Gasteiger partial charge on any atom is -0.461 e. The Morgan fingerprint density at radius 1 is 1.25 bits per heavy atom. The lowest BCUT2D eigenvalue weighted by molar-refractivity contribution is -0.168. The van der Waals surface area contributed by atoms with Crippen molar-refractivity contribution in [1.82, 2.24) is 0 Å². The van der Waals surface area contributed by atoms with Crippen molar-refractivity contribution in [3.05, 3.63) is 37.0 Å². The van der Waals surface area contributed by atoms with Crippen molar-refractivity contribution in [1.29, 1.82) is 0 Å². The minimum atomic E-state index is -0.780. The van der Waals surface area contributed by atoms with Crippen LogP contribution < -0.4 is 0 Å². The van der Waals surface area contributed by atoms with E-state index in [4.69, 9.17) is 9.47 Å². The Labute approximate surface area is 116 Å². The molecule has 0 spiro atoms. The van der Waals surface area contributed by atoms with E-state index < -0.39 is 41.4 Å². The van der Waals surface area contributed by atoms with Gasteiger partial charge in [0.05, 0.1) is 12.0 Å². The molecule has 0 aromatic heterocycles. The van der Waals surface area contributed by atoms with Crippen molar-refractivity contribution in [2.45, 2.75) is 18.6 Å². The molecule has 20 heavy (non-hydrogen) atoms. The number of hydrogen-bond acceptors (Lipinski definition) is 5. The van der Waals surface area contributed by atoms with Crippen molar-refractivity contribution in [3.63, 3.8) is 0 Å². The van der Waals surface area contributed by atoms with Crippen LogP contribution in [0.15, 0.2) is 37.0 Å². The van der Waals surface area contributed by atoms with Crippen molar-refractivity contribution >= 4 is 11.9 Å². The molecule has 1 aliphatic carbocycles. The molecule has 5 atom stereocenters. The molecule has 0 amide bonds. The first-order chi connectivity index (χ1) is 9.41. The van der Waals surface area contributed by atoms with Crippen LogP contribution in [0.4, 0.5) is 0 Å². The summed E-state index contributed by atoms with van der Waals surface area (Å²) in [6.45, 7) is 11.4. The van der Waals surface area contributed by atoms with Gasteiger partial charge in [0.1, 0.15) is 12.7 Å². The molecule has 3 fully saturated rings. The SMILES string of the molecule is C=C[C@@]12COC(=O)C(=C)[C@@H]1[C@H]1OC(=O)C(=C)[C@@H]1[C@@H](O)C2. The van der Waals surface area contributed by atoms with E-state index in [9.17, 15) is 14.7 Å². The Bertz CT molecular complexity index is 546. The summed E-state index contributed by atoms with van der Waals surface area (Å²) in [6, 6.07) is 0. The van der Waals surface area contributed by atoms with Gasteiger partial charge >= 0.3 is 11.9 Å². The van der Waals surface area contributed by atoms with E-state index in [1.54, 1.807) is 6.08 Å². The van der Waals surface area contributed by atoms with Crippen LogP contribution in [-0.2, 0) is 19.1 Å². The van der Waals surface area contributed by atoms with Gasteiger partial charge in [-0.2, -0.15) is 0 Å². The van der Waals surface area contributed by atoms with Gasteiger partial charge in [-0.1, -0.05) is 19.2 Å². The monoisotopic (exact) mass is 276 g/mol. The van der Waals surface area contributed by atoms with Crippen molar-refractivity contribution in [3.8, 4) is 0 Å². The first kappa shape index (κ1) is 13.1. The zero-order valence-electron chi connectivity index (χ0n) is 11.0. The lowest BCUT2D eigenvalue weighted by Gasteiger charge is -2.50. The zero-order chi connectivity index (χ0) is 14.7. The summed E-state index contributed by atoms with van der Waals surface area (Å²) >= 11 is 0. The van der Waals surface area contributed by atoms with Crippen LogP contribution in [0.5, 0.6) is 0 Å². The summed E-state index contributed by atoms with van der Waals surface area (Å²) in [7, 11) is 0. The number of carbonyl (C=O) groups excluding carboxylic acids is 2. The molecular weight excluding hydrogens is 260 g/mol. The van der Waals surface area contributed by atoms with E-state index in [0.29, 0.717) is 6.42 Å². The van der Waals surface area contributed by atoms with Gasteiger partial charge in [0.15, 0.2) is 0 Å². The van der Waals surface area contributed by atoms with Crippen LogP contribution in [0.1, 0.15) is 6.42 Å². The number of aliphatic hydroxyl groups is 1. The number of esters is 2. The fraction of sp³-hybridized carbons (Fsp3) is 0.467. The standard InChI is InChI=1S/C15H16O5/c1-4-15-5-9(16)10-7(2)14(18)20-12(10)11(15)8(3)13(17)19-6-15/h4,9-12,16H,1-3,5-6H2/t9-,10+,11+,12-,15+/m0/s1. The molecule has 0 unspecified atom stereocenters. The first-order valence-electron chi connectivity index (χ1n) is 6.48. The number of carbonyl (C=O) groups is 2. The molecule has 5 heteroatoms. The average Bonchev–Trinajstić information content (AvgIpc) is 2.70. The van der Waals surface area contributed by atoms with Gasteiger partial charge in [-0.3, -0.25) is 0 Å². The molecule has 0 aromatic carbocycles. The summed E-state index contributed by atoms with van der Waals surface area (Å²) in [6.07, 6.45) is 0.600. The largest absolute Gasteiger partial charge is 0.461 e. The number of rotatable bonds is 1. The summed E-state index contributed by atoms with van der Waals surface area (Å²) in [4.78, 5) is 23.5. The van der Waals surface area contributed by atoms with Crippen molar-refractivity contribution < 1.29 is 24.2 Å². The Kier molecular flexibility index (Phi) is 2.66. The third kappa shape index (κ3) is 1.47. The highest BCUT2D eigenvalue weighted by Crippen LogP contribution is 2.54. The smallest absolute Gasteiger partial charge is 0.334 e. The van der Waals surface area contributed by atoms with Gasteiger partial charge in [0.2, 0.25) is 0 Å². The van der Waals surface area contributed by atoms with E-state index in [1.165, 1.54) is 0 Å². The molecule has 106 valence electrons. The molecular formula is C15H16O5. The van der Waals surface area contributed by atoms with E-state index in [0.717, 1.165) is 0 Å². The number of aliphatic hydroxyl groups excluding tert-OH is 1. The topological polar surface area (TPSA) is 72.8 Å². The fourth-order valence-electron chi connectivity index (χ4n) is 3.69. The minimum absolute atomic E-state index is 0.114. The molecule has 0 radical (unpaired) electrons. The predicted octanol–water partition coefficient (Wildman–Crippen LogP) is 0.750. The van der Waals surface area contributed by atoms with Crippen LogP contribution in [0.2, 0.25) is 0 Å². The normalized spacial score (nSPS) is 43.5. The van der Waals surface area contributed by atoms with Gasteiger partial charge in [-0.15, -0.1) is 6.58 Å². The fourth-order valence-corrected chi connectivity index (χ4v) is 3.69. The zero-order valence-corrected chi connectivity index (χ0v) is 11.0. The van der Waals surface area contributed by atoms with Crippen LogP contribution in [0, 0.1) is 17.3 Å². The Hall–Kier alpha value is -1.88. The van der Waals surface area contributed by atoms with Crippen molar-refractivity contribution in [2.75, 3.05) is 6.61 Å². The van der Waals surface area contributed by atoms with E-state index in [2.05, 4.69) is 19.7 Å².